The van der Waals surface area contributed by atoms with Gasteiger partial charge in [-0.1, -0.05) is 59.3 Å². The molecule has 170 valence electrons. The van der Waals surface area contributed by atoms with Gasteiger partial charge in [-0.2, -0.15) is 0 Å². The van der Waals surface area contributed by atoms with Gasteiger partial charge in [-0.05, 0) is 61.6 Å². The van der Waals surface area contributed by atoms with E-state index >= 15 is 0 Å². The Morgan fingerprint density at radius 1 is 0.970 bits per heavy atom. The van der Waals surface area contributed by atoms with Crippen molar-refractivity contribution in [3.05, 3.63) is 89.0 Å². The fourth-order valence-corrected chi connectivity index (χ4v) is 3.75. The first kappa shape index (κ1) is 22.7. The molecular weight excluding hydrogens is 414 g/mol. The lowest BCUT2D eigenvalue weighted by molar-refractivity contribution is -0.134. The van der Waals surface area contributed by atoms with Gasteiger partial charge in [-0.15, -0.1) is 5.10 Å². The average molecular weight is 444 g/mol. The molecule has 0 aliphatic rings. The van der Waals surface area contributed by atoms with Crippen LogP contribution in [0.4, 0.5) is 0 Å². The van der Waals surface area contributed by atoms with Crippen LogP contribution in [0.2, 0.25) is 0 Å². The fourth-order valence-electron chi connectivity index (χ4n) is 3.75. The van der Waals surface area contributed by atoms with E-state index in [-0.39, 0.29) is 5.97 Å². The molecule has 6 nitrogen and oxygen atoms in total. The number of esters is 1. The van der Waals surface area contributed by atoms with Crippen molar-refractivity contribution in [1.82, 2.24) is 15.0 Å². The standard InChI is InChI=1S/C27H29N3O3/c1-20-9-13-24(14-10-20)33-26(31)16-12-23-11-15-25-27(21(23)2)28-29-30(25)17-6-18-32-19-22-7-4-3-5-8-22/h3-5,7-11,13-15H,6,12,16-19H2,1-2H3. The van der Waals surface area contributed by atoms with Gasteiger partial charge in [0.15, 0.2) is 0 Å². The quantitative estimate of drug-likeness (QED) is 0.192. The molecule has 0 amide bonds. The summed E-state index contributed by atoms with van der Waals surface area (Å²) in [6.45, 7) is 6.06. The van der Waals surface area contributed by atoms with Crippen molar-refractivity contribution in [3.8, 4) is 5.75 Å². The highest BCUT2D eigenvalue weighted by Gasteiger charge is 2.12. The fraction of sp³-hybridized carbons (Fsp3) is 0.296. The summed E-state index contributed by atoms with van der Waals surface area (Å²) in [6, 6.07) is 21.7. The number of carbonyl (C=O) groups excluding carboxylic acids is 1. The van der Waals surface area contributed by atoms with Gasteiger partial charge in [-0.3, -0.25) is 4.79 Å². The van der Waals surface area contributed by atoms with Gasteiger partial charge < -0.3 is 9.47 Å². The molecule has 33 heavy (non-hydrogen) atoms. The van der Waals surface area contributed by atoms with E-state index < -0.39 is 0 Å². The van der Waals surface area contributed by atoms with E-state index in [2.05, 4.69) is 28.5 Å². The molecule has 0 spiro atoms. The number of aryl methyl sites for hydroxylation is 4. The van der Waals surface area contributed by atoms with Crippen molar-refractivity contribution in [2.24, 2.45) is 0 Å². The van der Waals surface area contributed by atoms with E-state index in [4.69, 9.17) is 9.47 Å². The van der Waals surface area contributed by atoms with Crippen molar-refractivity contribution in [2.45, 2.75) is 46.3 Å². The second-order valence-electron chi connectivity index (χ2n) is 8.21. The molecule has 0 unspecified atom stereocenters. The number of benzene rings is 3. The first-order valence-electron chi connectivity index (χ1n) is 11.3. The maximum atomic E-state index is 12.2. The molecule has 6 heteroatoms. The van der Waals surface area contributed by atoms with Gasteiger partial charge in [0.1, 0.15) is 11.3 Å². The molecule has 0 radical (unpaired) electrons. The summed E-state index contributed by atoms with van der Waals surface area (Å²) in [5.74, 6) is 0.339. The highest BCUT2D eigenvalue weighted by molar-refractivity contribution is 5.79. The van der Waals surface area contributed by atoms with Crippen molar-refractivity contribution in [1.29, 1.82) is 0 Å². The van der Waals surface area contributed by atoms with Gasteiger partial charge >= 0.3 is 5.97 Å². The molecule has 0 fully saturated rings. The normalized spacial score (nSPS) is 11.1. The first-order chi connectivity index (χ1) is 16.1. The van der Waals surface area contributed by atoms with Gasteiger partial charge in [0.05, 0.1) is 12.1 Å². The van der Waals surface area contributed by atoms with Crippen LogP contribution in [0.3, 0.4) is 0 Å². The van der Waals surface area contributed by atoms with Crippen molar-refractivity contribution < 1.29 is 14.3 Å². The Balaban J connectivity index is 1.28. The van der Waals surface area contributed by atoms with Crippen LogP contribution < -0.4 is 4.74 Å². The van der Waals surface area contributed by atoms with E-state index in [1.165, 1.54) is 5.56 Å². The van der Waals surface area contributed by atoms with E-state index in [0.29, 0.717) is 31.8 Å². The van der Waals surface area contributed by atoms with Gasteiger partial charge in [0.25, 0.3) is 0 Å². The number of fused-ring (bicyclic) bond motifs is 1. The van der Waals surface area contributed by atoms with Gasteiger partial charge in [0.2, 0.25) is 0 Å². The summed E-state index contributed by atoms with van der Waals surface area (Å²) in [6.07, 6.45) is 1.77. The Hall–Kier alpha value is -3.51. The Kier molecular flexibility index (Phi) is 7.47. The minimum atomic E-state index is -0.238. The van der Waals surface area contributed by atoms with Crippen LogP contribution in [0.1, 0.15) is 35.1 Å². The summed E-state index contributed by atoms with van der Waals surface area (Å²) in [4.78, 5) is 12.2. The van der Waals surface area contributed by atoms with E-state index in [9.17, 15) is 4.79 Å². The Labute approximate surface area is 194 Å². The summed E-state index contributed by atoms with van der Waals surface area (Å²) >= 11 is 0. The highest BCUT2D eigenvalue weighted by atomic mass is 16.5. The van der Waals surface area contributed by atoms with E-state index in [0.717, 1.165) is 40.7 Å². The van der Waals surface area contributed by atoms with Gasteiger partial charge in [-0.25, -0.2) is 4.68 Å². The second kappa shape index (κ2) is 10.9. The third-order valence-corrected chi connectivity index (χ3v) is 5.67. The molecule has 0 bridgehead atoms. The summed E-state index contributed by atoms with van der Waals surface area (Å²) < 4.78 is 13.1. The van der Waals surface area contributed by atoms with Gasteiger partial charge in [0, 0.05) is 19.6 Å². The Morgan fingerprint density at radius 3 is 2.55 bits per heavy atom. The topological polar surface area (TPSA) is 66.2 Å². The zero-order valence-electron chi connectivity index (χ0n) is 19.2. The highest BCUT2D eigenvalue weighted by Crippen LogP contribution is 2.22. The minimum Gasteiger partial charge on any atom is -0.427 e. The first-order valence-corrected chi connectivity index (χ1v) is 11.3. The molecule has 0 N–H and O–H groups in total. The summed E-state index contributed by atoms with van der Waals surface area (Å²) in [5, 5.41) is 8.72. The third kappa shape index (κ3) is 6.05. The van der Waals surface area contributed by atoms with Crippen LogP contribution in [0.15, 0.2) is 66.7 Å². The average Bonchev–Trinajstić information content (AvgIpc) is 3.24. The molecule has 0 saturated heterocycles. The molecule has 0 aliphatic carbocycles. The van der Waals surface area contributed by atoms with Crippen LogP contribution in [0, 0.1) is 13.8 Å². The maximum absolute atomic E-state index is 12.2. The van der Waals surface area contributed by atoms with Crippen molar-refractivity contribution in [3.63, 3.8) is 0 Å². The number of aromatic nitrogens is 3. The molecule has 1 aromatic heterocycles. The molecule has 4 aromatic rings. The second-order valence-corrected chi connectivity index (χ2v) is 8.21. The van der Waals surface area contributed by atoms with Crippen LogP contribution in [0.25, 0.3) is 11.0 Å². The number of rotatable bonds is 10. The monoisotopic (exact) mass is 443 g/mol. The predicted octanol–water partition coefficient (Wildman–Crippen LogP) is 5.19. The van der Waals surface area contributed by atoms with Crippen molar-refractivity contribution >= 4 is 17.0 Å². The zero-order valence-corrected chi connectivity index (χ0v) is 19.2. The number of nitrogens with zero attached hydrogens (tertiary/aromatic N) is 3. The largest absolute Gasteiger partial charge is 0.427 e. The van der Waals surface area contributed by atoms with E-state index in [1.54, 1.807) is 0 Å². The Bertz CT molecular complexity index is 1200. The molecule has 0 atom stereocenters. The lowest BCUT2D eigenvalue weighted by atomic mass is 10.0. The zero-order chi connectivity index (χ0) is 23.0. The molecule has 0 saturated carbocycles. The number of carbonyl (C=O) groups is 1. The Morgan fingerprint density at radius 2 is 1.76 bits per heavy atom. The number of ether oxygens (including phenoxy) is 2. The van der Waals surface area contributed by atoms with Crippen LogP contribution >= 0.6 is 0 Å². The van der Waals surface area contributed by atoms with Crippen LogP contribution in [0.5, 0.6) is 5.75 Å². The lowest BCUT2D eigenvalue weighted by Gasteiger charge is -2.08. The minimum absolute atomic E-state index is 0.238. The molecule has 3 aromatic carbocycles. The van der Waals surface area contributed by atoms with E-state index in [1.807, 2.05) is 67.1 Å². The number of hydrogen-bond acceptors (Lipinski definition) is 5. The van der Waals surface area contributed by atoms with Crippen LogP contribution in [-0.2, 0) is 29.1 Å². The number of hydrogen-bond donors (Lipinski definition) is 0. The lowest BCUT2D eigenvalue weighted by Crippen LogP contribution is -2.09. The maximum Gasteiger partial charge on any atom is 0.311 e. The van der Waals surface area contributed by atoms with Crippen molar-refractivity contribution in [2.75, 3.05) is 6.61 Å². The molecular formula is C27H29N3O3. The SMILES string of the molecule is Cc1ccc(OC(=O)CCc2ccc3c(nnn3CCCOCc3ccccc3)c2C)cc1. The molecule has 4 rings (SSSR count). The third-order valence-electron chi connectivity index (χ3n) is 5.67. The molecule has 1 heterocycles. The summed E-state index contributed by atoms with van der Waals surface area (Å²) in [7, 11) is 0. The molecule has 0 aliphatic heterocycles. The van der Waals surface area contributed by atoms with Crippen LogP contribution in [-0.4, -0.2) is 27.6 Å². The smallest absolute Gasteiger partial charge is 0.311 e. The summed E-state index contributed by atoms with van der Waals surface area (Å²) in [5.41, 5.74) is 6.33. The predicted molar refractivity (Wildman–Crippen MR) is 128 cm³/mol.